The van der Waals surface area contributed by atoms with Gasteiger partial charge >= 0.3 is 0 Å². The minimum absolute atomic E-state index is 0.0706. The summed E-state index contributed by atoms with van der Waals surface area (Å²) in [6.45, 7) is 10.8. The number of nitrogens with two attached hydrogens (primary N) is 1. The minimum Gasteiger partial charge on any atom is -0.508 e. The van der Waals surface area contributed by atoms with Gasteiger partial charge < -0.3 is 16.2 Å². The fourth-order valence-corrected chi connectivity index (χ4v) is 6.59. The van der Waals surface area contributed by atoms with Crippen molar-refractivity contribution in [3.63, 3.8) is 0 Å². The summed E-state index contributed by atoms with van der Waals surface area (Å²) in [6, 6.07) is 3.03. The van der Waals surface area contributed by atoms with Gasteiger partial charge in [0.15, 0.2) is 0 Å². The van der Waals surface area contributed by atoms with Gasteiger partial charge in [-0.2, -0.15) is 0 Å². The fraction of sp³-hybridized carbons (Fsp3) is 0.690. The molecule has 2 aliphatic heterocycles. The lowest BCUT2D eigenvalue weighted by molar-refractivity contribution is 0.0974. The minimum atomic E-state index is -2.29. The molecule has 1 saturated carbocycles. The largest absolute Gasteiger partial charge is 0.508 e. The van der Waals surface area contributed by atoms with Crippen LogP contribution in [0.2, 0.25) is 0 Å². The van der Waals surface area contributed by atoms with Gasteiger partial charge in [0.05, 0.1) is 18.6 Å². The zero-order chi connectivity index (χ0) is 27.1. The molecule has 4 N–H and O–H groups in total. The van der Waals surface area contributed by atoms with Gasteiger partial charge in [-0.25, -0.2) is 13.2 Å². The van der Waals surface area contributed by atoms with Crippen LogP contribution < -0.4 is 11.1 Å². The normalized spacial score (nSPS) is 31.9. The molecule has 3 aliphatic rings. The molecule has 2 fully saturated rings. The quantitative estimate of drug-likeness (QED) is 0.296. The molecule has 0 bridgehead atoms. The number of nitrogens with zero attached hydrogens (tertiary/aromatic N) is 2. The Kier molecular flexibility index (Phi) is 7.89. The van der Waals surface area contributed by atoms with Crippen LogP contribution in [0.15, 0.2) is 23.2 Å². The standard InChI is InChI=1S/C29H43F3N4O/c1-17-13-29(5,16-34-18(2)19-9-11-36(14-19)15-25(30)31)10-8-20(17)26-23(37)7-6-22-27(26)21(33)12-24(35-22)28(3,4)32/h6-7,12,16-20,24-25,35,37H,8-11,13-15,33H2,1-5H3. The Morgan fingerprint density at radius 1 is 1.32 bits per heavy atom. The van der Waals surface area contributed by atoms with Gasteiger partial charge in [-0.1, -0.05) is 13.8 Å². The number of hydrogen-bond donors (Lipinski definition) is 3. The monoisotopic (exact) mass is 520 g/mol. The summed E-state index contributed by atoms with van der Waals surface area (Å²) in [5.74, 6) is 0.928. The molecular weight excluding hydrogens is 477 g/mol. The third-order valence-electron chi connectivity index (χ3n) is 8.79. The Bertz CT molecular complexity index is 1040. The van der Waals surface area contributed by atoms with Crippen molar-refractivity contribution < 1.29 is 18.3 Å². The van der Waals surface area contributed by atoms with E-state index < -0.39 is 18.1 Å². The van der Waals surface area contributed by atoms with Gasteiger partial charge in [0.1, 0.15) is 11.4 Å². The number of rotatable bonds is 7. The summed E-state index contributed by atoms with van der Waals surface area (Å²) in [7, 11) is 0. The highest BCUT2D eigenvalue weighted by molar-refractivity contribution is 5.83. The van der Waals surface area contributed by atoms with E-state index in [-0.39, 0.29) is 35.6 Å². The lowest BCUT2D eigenvalue weighted by atomic mass is 9.64. The van der Waals surface area contributed by atoms with E-state index in [0.29, 0.717) is 24.7 Å². The average molecular weight is 521 g/mol. The van der Waals surface area contributed by atoms with Crippen molar-refractivity contribution >= 4 is 17.6 Å². The summed E-state index contributed by atoms with van der Waals surface area (Å²) in [5, 5.41) is 14.2. The third kappa shape index (κ3) is 6.10. The van der Waals surface area contributed by atoms with E-state index in [1.54, 1.807) is 18.2 Å². The van der Waals surface area contributed by atoms with Gasteiger partial charge in [-0.05, 0) is 89.0 Å². The number of aliphatic imine (C=N–C) groups is 1. The molecule has 0 amide bonds. The van der Waals surface area contributed by atoms with Crippen LogP contribution in [-0.2, 0) is 0 Å². The number of phenolic OH excluding ortho intramolecular Hbond substituents is 1. The predicted molar refractivity (Wildman–Crippen MR) is 145 cm³/mol. The van der Waals surface area contributed by atoms with Crippen molar-refractivity contribution in [3.8, 4) is 5.75 Å². The van der Waals surface area contributed by atoms with E-state index in [1.807, 2.05) is 4.90 Å². The Morgan fingerprint density at radius 2 is 2.05 bits per heavy atom. The topological polar surface area (TPSA) is 73.9 Å². The van der Waals surface area contributed by atoms with Crippen molar-refractivity contribution in [1.29, 1.82) is 0 Å². The zero-order valence-corrected chi connectivity index (χ0v) is 22.8. The summed E-state index contributed by atoms with van der Waals surface area (Å²) in [5.41, 5.74) is 7.82. The number of nitrogens with one attached hydrogen (secondary N) is 1. The highest BCUT2D eigenvalue weighted by Gasteiger charge is 2.40. The van der Waals surface area contributed by atoms with Gasteiger partial charge in [0.2, 0.25) is 0 Å². The van der Waals surface area contributed by atoms with E-state index in [4.69, 9.17) is 10.7 Å². The lowest BCUT2D eigenvalue weighted by Crippen LogP contribution is -2.40. The highest BCUT2D eigenvalue weighted by Crippen LogP contribution is 2.51. The molecule has 5 nitrogen and oxygen atoms in total. The van der Waals surface area contributed by atoms with Crippen LogP contribution in [-0.4, -0.2) is 60.0 Å². The Balaban J connectivity index is 1.47. The van der Waals surface area contributed by atoms with Crippen molar-refractivity contribution in [3.05, 3.63) is 29.3 Å². The molecule has 37 heavy (non-hydrogen) atoms. The number of fused-ring (bicyclic) bond motifs is 1. The van der Waals surface area contributed by atoms with Crippen molar-refractivity contribution in [2.45, 2.75) is 90.4 Å². The number of aromatic hydroxyl groups is 1. The number of anilines is 1. The Hall–Kier alpha value is -2.22. The first-order valence-electron chi connectivity index (χ1n) is 13.6. The van der Waals surface area contributed by atoms with Gasteiger partial charge in [0, 0.05) is 40.7 Å². The molecule has 6 atom stereocenters. The van der Waals surface area contributed by atoms with Crippen LogP contribution in [0.3, 0.4) is 0 Å². The second-order valence-electron chi connectivity index (χ2n) is 12.4. The van der Waals surface area contributed by atoms with Gasteiger partial charge in [-0.15, -0.1) is 0 Å². The first-order chi connectivity index (χ1) is 17.3. The zero-order valence-electron chi connectivity index (χ0n) is 22.8. The lowest BCUT2D eigenvalue weighted by Gasteiger charge is -2.41. The van der Waals surface area contributed by atoms with Crippen LogP contribution >= 0.6 is 0 Å². The van der Waals surface area contributed by atoms with Gasteiger partial charge in [0.25, 0.3) is 6.43 Å². The van der Waals surface area contributed by atoms with E-state index in [0.717, 1.165) is 42.5 Å². The molecule has 8 heteroatoms. The maximum Gasteiger partial charge on any atom is 0.251 e. The fourth-order valence-electron chi connectivity index (χ4n) is 6.59. The molecule has 6 unspecified atom stereocenters. The smallest absolute Gasteiger partial charge is 0.251 e. The number of hydrogen-bond acceptors (Lipinski definition) is 5. The number of benzene rings is 1. The van der Waals surface area contributed by atoms with Crippen LogP contribution in [0.5, 0.6) is 5.75 Å². The van der Waals surface area contributed by atoms with E-state index in [1.165, 1.54) is 13.8 Å². The van der Waals surface area contributed by atoms with Crippen molar-refractivity contribution in [1.82, 2.24) is 4.90 Å². The van der Waals surface area contributed by atoms with Crippen LogP contribution in [0.25, 0.3) is 5.70 Å². The molecule has 4 rings (SSSR count). The van der Waals surface area contributed by atoms with Crippen LogP contribution in [0.1, 0.15) is 77.3 Å². The maximum atomic E-state index is 14.7. The predicted octanol–water partition coefficient (Wildman–Crippen LogP) is 6.19. The van der Waals surface area contributed by atoms with Crippen LogP contribution in [0, 0.1) is 17.3 Å². The molecule has 1 aromatic rings. The van der Waals surface area contributed by atoms with Crippen molar-refractivity contribution in [2.75, 3.05) is 25.0 Å². The summed E-state index contributed by atoms with van der Waals surface area (Å²) in [6.07, 6.45) is 5.15. The Labute approximate surface area is 219 Å². The maximum absolute atomic E-state index is 14.7. The molecule has 0 aromatic heterocycles. The number of alkyl halides is 3. The summed E-state index contributed by atoms with van der Waals surface area (Å²) >= 11 is 0. The Morgan fingerprint density at radius 3 is 2.70 bits per heavy atom. The van der Waals surface area contributed by atoms with E-state index in [9.17, 15) is 18.3 Å². The molecular formula is C29H43F3N4O. The second-order valence-corrected chi connectivity index (χ2v) is 12.4. The van der Waals surface area contributed by atoms with E-state index in [2.05, 4.69) is 32.3 Å². The molecule has 0 spiro atoms. The van der Waals surface area contributed by atoms with Crippen LogP contribution in [0.4, 0.5) is 18.9 Å². The summed E-state index contributed by atoms with van der Waals surface area (Å²) < 4.78 is 40.1. The third-order valence-corrected chi connectivity index (χ3v) is 8.79. The molecule has 2 heterocycles. The molecule has 1 aromatic carbocycles. The highest BCUT2D eigenvalue weighted by atomic mass is 19.3. The van der Waals surface area contributed by atoms with Crippen molar-refractivity contribution in [2.24, 2.45) is 28.0 Å². The molecule has 1 saturated heterocycles. The number of phenols is 1. The number of likely N-dealkylation sites (tertiary alicyclic amines) is 1. The number of halogens is 3. The first kappa shape index (κ1) is 27.8. The SMILES string of the molecule is CC1CC(C)(C=NC(C)C2CCN(CC(F)F)C2)CCC1c1c(O)ccc2c1C(N)=CC(C(C)(C)F)N2. The van der Waals surface area contributed by atoms with Gasteiger partial charge in [-0.3, -0.25) is 9.89 Å². The second kappa shape index (κ2) is 10.5. The first-order valence-corrected chi connectivity index (χ1v) is 13.6. The molecule has 1 aliphatic carbocycles. The van der Waals surface area contributed by atoms with E-state index >= 15 is 0 Å². The summed E-state index contributed by atoms with van der Waals surface area (Å²) in [4.78, 5) is 6.76. The average Bonchev–Trinajstić information content (AvgIpc) is 3.25. The molecule has 206 valence electrons. The molecule has 0 radical (unpaired) electrons.